The molecule has 2 heteroatoms. The van der Waals surface area contributed by atoms with Crippen molar-refractivity contribution >= 4 is 0 Å². The zero-order valence-corrected chi connectivity index (χ0v) is 10.6. The summed E-state index contributed by atoms with van der Waals surface area (Å²) in [4.78, 5) is 4.28. The summed E-state index contributed by atoms with van der Waals surface area (Å²) in [6.45, 7) is 4.36. The number of pyridine rings is 1. The van der Waals surface area contributed by atoms with Gasteiger partial charge in [0, 0.05) is 24.4 Å². The van der Waals surface area contributed by atoms with Crippen LogP contribution in [-0.4, -0.2) is 4.98 Å². The molecule has 1 aromatic carbocycles. The lowest BCUT2D eigenvalue weighted by atomic mass is 9.86. The third-order valence-corrected chi connectivity index (χ3v) is 4.39. The minimum Gasteiger partial charge on any atom is -0.355 e. The first-order valence-corrected chi connectivity index (χ1v) is 6.37. The Morgan fingerprint density at radius 3 is 2.67 bits per heavy atom. The molecular weight excluding hydrogens is 222 g/mol. The maximum atomic E-state index is 6.43. The molecule has 0 aliphatic carbocycles. The molecule has 0 spiro atoms. The molecule has 3 heterocycles. The predicted octanol–water partition coefficient (Wildman–Crippen LogP) is 3.15. The smallest absolute Gasteiger partial charge is 0.119 e. The van der Waals surface area contributed by atoms with E-state index in [-0.39, 0.29) is 11.2 Å². The monoisotopic (exact) mass is 237 g/mol. The second-order valence-electron chi connectivity index (χ2n) is 5.62. The van der Waals surface area contributed by atoms with Crippen LogP contribution < -0.4 is 0 Å². The van der Waals surface area contributed by atoms with Crippen molar-refractivity contribution in [3.05, 3.63) is 65.0 Å². The van der Waals surface area contributed by atoms with E-state index < -0.39 is 0 Å². The van der Waals surface area contributed by atoms with Gasteiger partial charge in [-0.3, -0.25) is 4.98 Å². The van der Waals surface area contributed by atoms with E-state index in [2.05, 4.69) is 49.2 Å². The van der Waals surface area contributed by atoms with Crippen molar-refractivity contribution in [2.45, 2.75) is 31.5 Å². The standard InChI is InChI=1S/C16H15NO/c1-15-9-11-7-8-17-10-14(11)16(2,18-15)13-6-4-3-5-12(13)15/h3-8,10H,9H2,1-2H3. The fourth-order valence-corrected chi connectivity index (χ4v) is 3.62. The second kappa shape index (κ2) is 3.01. The van der Waals surface area contributed by atoms with E-state index in [0.29, 0.717) is 0 Å². The Balaban J connectivity index is 2.09. The Morgan fingerprint density at radius 1 is 1.06 bits per heavy atom. The predicted molar refractivity (Wildman–Crippen MR) is 69.3 cm³/mol. The number of nitrogens with zero attached hydrogens (tertiary/aromatic N) is 1. The molecule has 0 radical (unpaired) electrons. The van der Waals surface area contributed by atoms with Crippen molar-refractivity contribution in [1.29, 1.82) is 0 Å². The summed E-state index contributed by atoms with van der Waals surface area (Å²) in [5.41, 5.74) is 4.65. The van der Waals surface area contributed by atoms with Crippen molar-refractivity contribution in [1.82, 2.24) is 4.98 Å². The van der Waals surface area contributed by atoms with E-state index in [1.165, 1.54) is 22.3 Å². The highest BCUT2D eigenvalue weighted by Gasteiger charge is 2.53. The molecule has 2 atom stereocenters. The molecule has 2 bridgehead atoms. The van der Waals surface area contributed by atoms with Gasteiger partial charge in [-0.05, 0) is 36.6 Å². The molecule has 90 valence electrons. The number of ether oxygens (including phenoxy) is 1. The number of aromatic nitrogens is 1. The first kappa shape index (κ1) is 10.3. The van der Waals surface area contributed by atoms with Crippen molar-refractivity contribution < 1.29 is 4.74 Å². The number of hydrogen-bond acceptors (Lipinski definition) is 2. The van der Waals surface area contributed by atoms with Gasteiger partial charge in [0.05, 0.1) is 5.60 Å². The zero-order chi connectivity index (χ0) is 12.4. The highest BCUT2D eigenvalue weighted by atomic mass is 16.5. The third-order valence-electron chi connectivity index (χ3n) is 4.39. The van der Waals surface area contributed by atoms with E-state index in [9.17, 15) is 0 Å². The summed E-state index contributed by atoms with van der Waals surface area (Å²) < 4.78 is 6.43. The van der Waals surface area contributed by atoms with Gasteiger partial charge < -0.3 is 4.74 Å². The van der Waals surface area contributed by atoms with Crippen LogP contribution in [0.1, 0.15) is 36.1 Å². The summed E-state index contributed by atoms with van der Waals surface area (Å²) in [6.07, 6.45) is 4.76. The Hall–Kier alpha value is -1.67. The van der Waals surface area contributed by atoms with Crippen LogP contribution in [0.4, 0.5) is 0 Å². The van der Waals surface area contributed by atoms with E-state index in [1.807, 2.05) is 12.4 Å². The molecule has 4 rings (SSSR count). The Morgan fingerprint density at radius 2 is 1.83 bits per heavy atom. The van der Waals surface area contributed by atoms with Crippen LogP contribution in [-0.2, 0) is 22.4 Å². The van der Waals surface area contributed by atoms with Crippen LogP contribution in [0.3, 0.4) is 0 Å². The Bertz CT molecular complexity index is 651. The maximum Gasteiger partial charge on any atom is 0.119 e. The van der Waals surface area contributed by atoms with Crippen LogP contribution in [0.15, 0.2) is 42.7 Å². The summed E-state index contributed by atoms with van der Waals surface area (Å²) >= 11 is 0. The largest absolute Gasteiger partial charge is 0.355 e. The first-order valence-electron chi connectivity index (χ1n) is 6.37. The lowest BCUT2D eigenvalue weighted by molar-refractivity contribution is -0.115. The molecule has 1 aromatic heterocycles. The third kappa shape index (κ3) is 1.05. The van der Waals surface area contributed by atoms with E-state index in [4.69, 9.17) is 4.74 Å². The highest BCUT2D eigenvalue weighted by molar-refractivity contribution is 5.52. The number of fused-ring (bicyclic) bond motifs is 7. The summed E-state index contributed by atoms with van der Waals surface area (Å²) in [5, 5.41) is 0. The van der Waals surface area contributed by atoms with Crippen molar-refractivity contribution in [2.24, 2.45) is 0 Å². The molecule has 2 aliphatic rings. The average molecular weight is 237 g/mol. The molecule has 2 aromatic rings. The van der Waals surface area contributed by atoms with E-state index in [0.717, 1.165) is 6.42 Å². The summed E-state index contributed by atoms with van der Waals surface area (Å²) in [6, 6.07) is 10.7. The average Bonchev–Trinajstić information content (AvgIpc) is 2.56. The van der Waals surface area contributed by atoms with Gasteiger partial charge >= 0.3 is 0 Å². The lowest BCUT2D eigenvalue weighted by Gasteiger charge is -2.38. The first-order chi connectivity index (χ1) is 8.63. The molecule has 0 fully saturated rings. The number of benzene rings is 1. The number of hydrogen-bond donors (Lipinski definition) is 0. The van der Waals surface area contributed by atoms with Gasteiger partial charge in [-0.1, -0.05) is 24.3 Å². The maximum absolute atomic E-state index is 6.43. The minimum absolute atomic E-state index is 0.195. The van der Waals surface area contributed by atoms with E-state index >= 15 is 0 Å². The minimum atomic E-state index is -0.340. The fourth-order valence-electron chi connectivity index (χ4n) is 3.62. The molecule has 2 nitrogen and oxygen atoms in total. The topological polar surface area (TPSA) is 22.1 Å². The normalized spacial score (nSPS) is 31.9. The zero-order valence-electron chi connectivity index (χ0n) is 10.6. The van der Waals surface area contributed by atoms with E-state index in [1.54, 1.807) is 0 Å². The molecule has 2 unspecified atom stereocenters. The van der Waals surface area contributed by atoms with Gasteiger partial charge in [0.1, 0.15) is 5.60 Å². The van der Waals surface area contributed by atoms with Crippen LogP contribution in [0.25, 0.3) is 0 Å². The van der Waals surface area contributed by atoms with Crippen LogP contribution in [0.5, 0.6) is 0 Å². The van der Waals surface area contributed by atoms with Gasteiger partial charge in [-0.15, -0.1) is 0 Å². The van der Waals surface area contributed by atoms with Gasteiger partial charge in [-0.25, -0.2) is 0 Å². The van der Waals surface area contributed by atoms with Gasteiger partial charge in [-0.2, -0.15) is 0 Å². The molecule has 0 N–H and O–H groups in total. The Labute approximate surface area is 107 Å². The molecule has 2 aliphatic heterocycles. The summed E-state index contributed by atoms with van der Waals surface area (Å²) in [5.74, 6) is 0. The molecule has 0 saturated carbocycles. The lowest BCUT2D eigenvalue weighted by Crippen LogP contribution is -2.36. The molecular formula is C16H15NO. The second-order valence-corrected chi connectivity index (χ2v) is 5.62. The Kier molecular flexibility index (Phi) is 1.72. The van der Waals surface area contributed by atoms with Gasteiger partial charge in [0.15, 0.2) is 0 Å². The van der Waals surface area contributed by atoms with Crippen molar-refractivity contribution in [3.8, 4) is 0 Å². The highest BCUT2D eigenvalue weighted by Crippen LogP contribution is 2.55. The molecule has 0 amide bonds. The van der Waals surface area contributed by atoms with Crippen molar-refractivity contribution in [3.63, 3.8) is 0 Å². The van der Waals surface area contributed by atoms with Crippen molar-refractivity contribution in [2.75, 3.05) is 0 Å². The van der Waals surface area contributed by atoms with Gasteiger partial charge in [0.2, 0.25) is 0 Å². The van der Waals surface area contributed by atoms with Crippen LogP contribution in [0.2, 0.25) is 0 Å². The molecule has 18 heavy (non-hydrogen) atoms. The van der Waals surface area contributed by atoms with Gasteiger partial charge in [0.25, 0.3) is 0 Å². The van der Waals surface area contributed by atoms with Crippen LogP contribution in [0, 0.1) is 0 Å². The molecule has 0 saturated heterocycles. The number of rotatable bonds is 0. The SMILES string of the molecule is CC12Cc3ccncc3C(C)(O1)c1ccccc12. The summed E-state index contributed by atoms with van der Waals surface area (Å²) in [7, 11) is 0. The van der Waals surface area contributed by atoms with Crippen LogP contribution >= 0.6 is 0 Å². The quantitative estimate of drug-likeness (QED) is 0.702. The fraction of sp³-hybridized carbons (Fsp3) is 0.312.